The summed E-state index contributed by atoms with van der Waals surface area (Å²) in [6, 6.07) is 0. The molecule has 2 aliphatic carbocycles. The van der Waals surface area contributed by atoms with Gasteiger partial charge in [0.25, 0.3) is 0 Å². The van der Waals surface area contributed by atoms with Crippen molar-refractivity contribution in [3.05, 3.63) is 11.1 Å². The van der Waals surface area contributed by atoms with E-state index in [1.807, 2.05) is 27.7 Å². The van der Waals surface area contributed by atoms with Crippen LogP contribution < -0.4 is 0 Å². The lowest BCUT2D eigenvalue weighted by Crippen LogP contribution is -2.28. The highest BCUT2D eigenvalue weighted by molar-refractivity contribution is 5.47. The molecule has 4 fully saturated rings. The molecule has 4 unspecified atom stereocenters. The molecule has 0 aromatic rings. The number of ether oxygens (including phenoxy) is 4. The van der Waals surface area contributed by atoms with E-state index in [4.69, 9.17) is 18.9 Å². The summed E-state index contributed by atoms with van der Waals surface area (Å²) in [6.45, 7) is 11.2. The van der Waals surface area contributed by atoms with Crippen LogP contribution in [0.1, 0.15) is 27.7 Å². The highest BCUT2D eigenvalue weighted by Crippen LogP contribution is 2.61. The van der Waals surface area contributed by atoms with Gasteiger partial charge in [-0.1, -0.05) is 11.1 Å². The molecule has 0 bridgehead atoms. The predicted molar refractivity (Wildman–Crippen MR) is 73.0 cm³/mol. The standard InChI is InChI=1S/C16H24O4/c1-15(2)17-5-9-10(6-18-15)13(9)14-11-7-19-16(3,4)20-8-12(11)14/h9-12H,5-8H2,1-4H3. The highest BCUT2D eigenvalue weighted by Gasteiger charge is 2.58. The van der Waals surface area contributed by atoms with Crippen molar-refractivity contribution in [1.29, 1.82) is 0 Å². The Hall–Kier alpha value is -0.420. The molecular formula is C16H24O4. The molecule has 4 atom stereocenters. The second-order valence-electron chi connectivity index (χ2n) is 7.38. The van der Waals surface area contributed by atoms with E-state index < -0.39 is 11.6 Å². The molecule has 0 spiro atoms. The first kappa shape index (κ1) is 13.3. The zero-order valence-electron chi connectivity index (χ0n) is 12.8. The van der Waals surface area contributed by atoms with Gasteiger partial charge >= 0.3 is 0 Å². The minimum atomic E-state index is -0.423. The fourth-order valence-electron chi connectivity index (χ4n) is 3.68. The Labute approximate surface area is 120 Å². The molecule has 2 saturated heterocycles. The van der Waals surface area contributed by atoms with Crippen LogP contribution in [0.25, 0.3) is 0 Å². The summed E-state index contributed by atoms with van der Waals surface area (Å²) >= 11 is 0. The molecule has 0 aromatic carbocycles. The molecule has 20 heavy (non-hydrogen) atoms. The zero-order chi connectivity index (χ0) is 14.1. The van der Waals surface area contributed by atoms with Gasteiger partial charge in [-0.05, 0) is 27.7 Å². The molecule has 0 aromatic heterocycles. The minimum Gasteiger partial charge on any atom is -0.350 e. The number of hydrogen-bond donors (Lipinski definition) is 0. The fourth-order valence-corrected chi connectivity index (χ4v) is 3.68. The van der Waals surface area contributed by atoms with E-state index in [0.29, 0.717) is 23.7 Å². The quantitative estimate of drug-likeness (QED) is 0.638. The van der Waals surface area contributed by atoms with Crippen molar-refractivity contribution in [3.8, 4) is 0 Å². The van der Waals surface area contributed by atoms with Crippen LogP contribution in [-0.4, -0.2) is 38.0 Å². The van der Waals surface area contributed by atoms with Gasteiger partial charge in [-0.15, -0.1) is 0 Å². The molecule has 0 amide bonds. The molecule has 0 radical (unpaired) electrons. The monoisotopic (exact) mass is 280 g/mol. The molecule has 0 N–H and O–H groups in total. The van der Waals surface area contributed by atoms with Gasteiger partial charge in [-0.25, -0.2) is 0 Å². The van der Waals surface area contributed by atoms with Crippen molar-refractivity contribution in [3.63, 3.8) is 0 Å². The highest BCUT2D eigenvalue weighted by atomic mass is 16.7. The molecule has 4 rings (SSSR count). The van der Waals surface area contributed by atoms with Gasteiger partial charge in [0.15, 0.2) is 11.6 Å². The van der Waals surface area contributed by atoms with Crippen LogP contribution in [0.15, 0.2) is 11.1 Å². The average Bonchev–Trinajstić information content (AvgIpc) is 3.20. The maximum Gasteiger partial charge on any atom is 0.162 e. The second kappa shape index (κ2) is 4.07. The van der Waals surface area contributed by atoms with Crippen LogP contribution in [-0.2, 0) is 18.9 Å². The average molecular weight is 280 g/mol. The Kier molecular flexibility index (Phi) is 2.70. The van der Waals surface area contributed by atoms with E-state index in [0.717, 1.165) is 26.4 Å². The van der Waals surface area contributed by atoms with Crippen LogP contribution in [0.2, 0.25) is 0 Å². The van der Waals surface area contributed by atoms with Gasteiger partial charge in [-0.2, -0.15) is 0 Å². The molecular weight excluding hydrogens is 256 g/mol. The topological polar surface area (TPSA) is 36.9 Å². The third-order valence-electron chi connectivity index (χ3n) is 5.13. The van der Waals surface area contributed by atoms with Crippen LogP contribution in [0, 0.1) is 23.7 Å². The van der Waals surface area contributed by atoms with Crippen molar-refractivity contribution < 1.29 is 18.9 Å². The Balaban J connectivity index is 1.47. The molecule has 112 valence electrons. The van der Waals surface area contributed by atoms with Crippen LogP contribution >= 0.6 is 0 Å². The Morgan fingerprint density at radius 3 is 1.10 bits per heavy atom. The van der Waals surface area contributed by atoms with Crippen molar-refractivity contribution in [2.45, 2.75) is 39.3 Å². The summed E-state index contributed by atoms with van der Waals surface area (Å²) in [4.78, 5) is 0. The lowest BCUT2D eigenvalue weighted by molar-refractivity contribution is -0.205. The van der Waals surface area contributed by atoms with E-state index in [2.05, 4.69) is 0 Å². The van der Waals surface area contributed by atoms with E-state index in [9.17, 15) is 0 Å². The smallest absolute Gasteiger partial charge is 0.162 e. The maximum atomic E-state index is 5.84. The Bertz CT molecular complexity index is 387. The summed E-state index contributed by atoms with van der Waals surface area (Å²) < 4.78 is 23.4. The largest absolute Gasteiger partial charge is 0.350 e. The van der Waals surface area contributed by atoms with Crippen molar-refractivity contribution in [2.75, 3.05) is 26.4 Å². The first-order valence-corrected chi connectivity index (χ1v) is 7.68. The minimum absolute atomic E-state index is 0.423. The van der Waals surface area contributed by atoms with Gasteiger partial charge in [0.1, 0.15) is 0 Å². The van der Waals surface area contributed by atoms with E-state index in [1.54, 1.807) is 11.1 Å². The Morgan fingerprint density at radius 1 is 0.600 bits per heavy atom. The van der Waals surface area contributed by atoms with Crippen molar-refractivity contribution in [1.82, 2.24) is 0 Å². The lowest BCUT2D eigenvalue weighted by Gasteiger charge is -2.24. The van der Waals surface area contributed by atoms with Gasteiger partial charge < -0.3 is 18.9 Å². The van der Waals surface area contributed by atoms with Gasteiger partial charge in [-0.3, -0.25) is 0 Å². The number of rotatable bonds is 0. The second-order valence-corrected chi connectivity index (χ2v) is 7.38. The fraction of sp³-hybridized carbons (Fsp3) is 0.875. The summed E-state index contributed by atoms with van der Waals surface area (Å²) in [5, 5.41) is 0. The number of fused-ring (bicyclic) bond motifs is 2. The van der Waals surface area contributed by atoms with Crippen LogP contribution in [0.5, 0.6) is 0 Å². The van der Waals surface area contributed by atoms with Crippen LogP contribution in [0.4, 0.5) is 0 Å². The molecule has 4 heteroatoms. The summed E-state index contributed by atoms with van der Waals surface area (Å²) in [5.74, 6) is 1.46. The predicted octanol–water partition coefficient (Wildman–Crippen LogP) is 2.34. The van der Waals surface area contributed by atoms with Crippen molar-refractivity contribution >= 4 is 0 Å². The van der Waals surface area contributed by atoms with Crippen molar-refractivity contribution in [2.24, 2.45) is 23.7 Å². The van der Waals surface area contributed by atoms with Gasteiger partial charge in [0.2, 0.25) is 0 Å². The molecule has 4 nitrogen and oxygen atoms in total. The zero-order valence-corrected chi connectivity index (χ0v) is 12.8. The first-order chi connectivity index (χ1) is 9.38. The lowest BCUT2D eigenvalue weighted by atomic mass is 10.3. The normalized spacial score (nSPS) is 45.0. The summed E-state index contributed by atoms with van der Waals surface area (Å²) in [6.07, 6.45) is 0. The third-order valence-corrected chi connectivity index (χ3v) is 5.13. The van der Waals surface area contributed by atoms with Gasteiger partial charge in [0.05, 0.1) is 26.4 Å². The third kappa shape index (κ3) is 2.13. The molecule has 4 aliphatic rings. The summed E-state index contributed by atoms with van der Waals surface area (Å²) in [7, 11) is 0. The maximum absolute atomic E-state index is 5.84. The molecule has 2 heterocycles. The summed E-state index contributed by atoms with van der Waals surface area (Å²) in [5.41, 5.74) is 3.17. The van der Waals surface area contributed by atoms with E-state index in [-0.39, 0.29) is 0 Å². The van der Waals surface area contributed by atoms with E-state index in [1.165, 1.54) is 0 Å². The number of hydrogen-bond acceptors (Lipinski definition) is 4. The van der Waals surface area contributed by atoms with Gasteiger partial charge in [0, 0.05) is 23.7 Å². The first-order valence-electron chi connectivity index (χ1n) is 7.68. The van der Waals surface area contributed by atoms with E-state index >= 15 is 0 Å². The molecule has 2 saturated carbocycles. The molecule has 2 aliphatic heterocycles. The SMILES string of the molecule is CC1(C)OCC2C(=C3C4COC(C)(C)OCC34)C2CO1. The van der Waals surface area contributed by atoms with Crippen LogP contribution in [0.3, 0.4) is 0 Å². The Morgan fingerprint density at radius 2 is 0.850 bits per heavy atom.